The molecule has 4 heterocycles. The normalized spacial score (nSPS) is 16.4. The van der Waals surface area contributed by atoms with Crippen LogP contribution in [-0.2, 0) is 11.3 Å². The molecule has 2 aliphatic rings. The van der Waals surface area contributed by atoms with E-state index in [1.807, 2.05) is 11.0 Å². The number of nitrogens with one attached hydrogen (secondary N) is 2. The average molecular weight is 463 g/mol. The number of carbonyl (C=O) groups excluding carboxylic acids is 3. The van der Waals surface area contributed by atoms with E-state index in [1.54, 1.807) is 30.3 Å². The smallest absolute Gasteiger partial charge is 0.408 e. The fraction of sp³-hybridized carbons (Fsp3) is 0.375. The lowest BCUT2D eigenvalue weighted by atomic mass is 10.00. The summed E-state index contributed by atoms with van der Waals surface area (Å²) in [5.41, 5.74) is 3.84. The van der Waals surface area contributed by atoms with Crippen LogP contribution in [0.4, 0.5) is 10.5 Å². The van der Waals surface area contributed by atoms with Gasteiger partial charge >= 0.3 is 11.8 Å². The van der Waals surface area contributed by atoms with Gasteiger partial charge < -0.3 is 19.5 Å². The molecule has 0 unspecified atom stereocenters. The van der Waals surface area contributed by atoms with Gasteiger partial charge in [0.05, 0.1) is 17.4 Å². The molecule has 5 rings (SSSR count). The molecular weight excluding hydrogens is 438 g/mol. The number of H-pyrrole nitrogens is 1. The topological polar surface area (TPSA) is 129 Å². The van der Waals surface area contributed by atoms with Gasteiger partial charge in [-0.1, -0.05) is 0 Å². The van der Waals surface area contributed by atoms with Crippen LogP contribution < -0.4 is 11.1 Å². The minimum Gasteiger partial charge on any atom is -0.408 e. The van der Waals surface area contributed by atoms with E-state index in [2.05, 4.69) is 15.3 Å². The summed E-state index contributed by atoms with van der Waals surface area (Å²) in [4.78, 5) is 59.6. The van der Waals surface area contributed by atoms with Crippen molar-refractivity contribution >= 4 is 34.5 Å². The van der Waals surface area contributed by atoms with Crippen LogP contribution in [-0.4, -0.2) is 56.6 Å². The third-order valence-corrected chi connectivity index (χ3v) is 6.63. The van der Waals surface area contributed by atoms with E-state index >= 15 is 0 Å². The Labute approximate surface area is 194 Å². The molecule has 1 saturated heterocycles. The molecule has 2 aromatic heterocycles. The van der Waals surface area contributed by atoms with Gasteiger partial charge in [0.15, 0.2) is 11.4 Å². The Kier molecular flexibility index (Phi) is 5.64. The number of fused-ring (bicyclic) bond motifs is 2. The van der Waals surface area contributed by atoms with Crippen LogP contribution in [0.1, 0.15) is 47.2 Å². The van der Waals surface area contributed by atoms with Crippen LogP contribution in [0.2, 0.25) is 0 Å². The van der Waals surface area contributed by atoms with Crippen molar-refractivity contribution < 1.29 is 18.8 Å². The SMILES string of the molecule is Cc1cc(C(=O)CCC(=O)N2CCC(N3Cc4ccncc4NC3=O)CC2)cc2oc(=O)[nH]c12. The number of carbonyl (C=O) groups is 3. The Bertz CT molecular complexity index is 1340. The van der Waals surface area contributed by atoms with Gasteiger partial charge in [-0.15, -0.1) is 0 Å². The van der Waals surface area contributed by atoms with Crippen LogP contribution in [0.3, 0.4) is 0 Å². The first-order valence-electron chi connectivity index (χ1n) is 11.3. The maximum Gasteiger partial charge on any atom is 0.417 e. The lowest BCUT2D eigenvalue weighted by Gasteiger charge is -2.40. The van der Waals surface area contributed by atoms with Gasteiger partial charge in [0, 0.05) is 50.3 Å². The van der Waals surface area contributed by atoms with Crippen molar-refractivity contribution in [2.75, 3.05) is 18.4 Å². The molecule has 10 heteroatoms. The van der Waals surface area contributed by atoms with Gasteiger partial charge in [-0.2, -0.15) is 0 Å². The van der Waals surface area contributed by atoms with Crippen molar-refractivity contribution in [1.82, 2.24) is 19.8 Å². The molecule has 3 aromatic rings. The number of hydrogen-bond donors (Lipinski definition) is 2. The highest BCUT2D eigenvalue weighted by molar-refractivity contribution is 6.00. The highest BCUT2D eigenvalue weighted by Gasteiger charge is 2.32. The molecule has 2 N–H and O–H groups in total. The third-order valence-electron chi connectivity index (χ3n) is 6.63. The minimum atomic E-state index is -0.565. The van der Waals surface area contributed by atoms with Gasteiger partial charge in [-0.25, -0.2) is 9.59 Å². The zero-order chi connectivity index (χ0) is 23.8. The number of hydrogen-bond acceptors (Lipinski definition) is 6. The zero-order valence-corrected chi connectivity index (χ0v) is 18.8. The predicted octanol–water partition coefficient (Wildman–Crippen LogP) is 2.83. The Morgan fingerprint density at radius 3 is 2.76 bits per heavy atom. The Balaban J connectivity index is 1.15. The molecule has 2 aliphatic heterocycles. The number of nitrogens with zero attached hydrogens (tertiary/aromatic N) is 3. The van der Waals surface area contributed by atoms with Crippen molar-refractivity contribution in [1.29, 1.82) is 0 Å². The molecule has 176 valence electrons. The van der Waals surface area contributed by atoms with E-state index in [0.717, 1.165) is 16.8 Å². The van der Waals surface area contributed by atoms with E-state index in [9.17, 15) is 19.2 Å². The fourth-order valence-corrected chi connectivity index (χ4v) is 4.74. The van der Waals surface area contributed by atoms with Crippen LogP contribution in [0.25, 0.3) is 11.1 Å². The van der Waals surface area contributed by atoms with Crippen molar-refractivity contribution in [2.45, 2.75) is 45.2 Å². The second-order valence-electron chi connectivity index (χ2n) is 8.81. The molecule has 0 bridgehead atoms. The number of aromatic nitrogens is 2. The first-order valence-corrected chi connectivity index (χ1v) is 11.3. The third kappa shape index (κ3) is 4.18. The van der Waals surface area contributed by atoms with Crippen molar-refractivity contribution in [2.24, 2.45) is 0 Å². The van der Waals surface area contributed by atoms with Gasteiger partial charge in [0.1, 0.15) is 0 Å². The van der Waals surface area contributed by atoms with E-state index < -0.39 is 5.76 Å². The van der Waals surface area contributed by atoms with Gasteiger partial charge in [-0.05, 0) is 49.1 Å². The Hall–Kier alpha value is -3.95. The summed E-state index contributed by atoms with van der Waals surface area (Å²) in [5.74, 6) is -0.808. The summed E-state index contributed by atoms with van der Waals surface area (Å²) < 4.78 is 5.07. The number of rotatable bonds is 5. The maximum absolute atomic E-state index is 12.7. The lowest BCUT2D eigenvalue weighted by Crippen LogP contribution is -2.51. The molecule has 1 aromatic carbocycles. The summed E-state index contributed by atoms with van der Waals surface area (Å²) in [6.07, 6.45) is 4.94. The van der Waals surface area contributed by atoms with Crippen molar-refractivity contribution in [3.8, 4) is 0 Å². The summed E-state index contributed by atoms with van der Waals surface area (Å²) in [6.45, 7) is 3.41. The van der Waals surface area contributed by atoms with E-state index in [-0.39, 0.29) is 36.6 Å². The highest BCUT2D eigenvalue weighted by atomic mass is 16.4. The number of aryl methyl sites for hydroxylation is 1. The molecular formula is C24H25N5O5. The standard InChI is InChI=1S/C24H25N5O5/c1-14-10-16(11-20-22(14)27-24(33)34-20)19(30)2-3-21(31)28-8-5-17(6-9-28)29-13-15-4-7-25-12-18(15)26-23(29)32/h4,7,10-12,17H,2-3,5-6,8-9,13H2,1H3,(H,26,32)(H,27,33). The Morgan fingerprint density at radius 1 is 1.18 bits per heavy atom. The molecule has 3 amide bonds. The number of urea groups is 1. The number of aromatic amines is 1. The molecule has 0 radical (unpaired) electrons. The monoisotopic (exact) mass is 463 g/mol. The number of amides is 3. The first kappa shape index (κ1) is 21.9. The van der Waals surface area contributed by atoms with E-state index in [0.29, 0.717) is 49.1 Å². The second-order valence-corrected chi connectivity index (χ2v) is 8.81. The van der Waals surface area contributed by atoms with E-state index in [4.69, 9.17) is 4.42 Å². The van der Waals surface area contributed by atoms with Crippen molar-refractivity contribution in [3.05, 3.63) is 57.8 Å². The molecule has 1 fully saturated rings. The number of likely N-dealkylation sites (tertiary alicyclic amines) is 1. The largest absolute Gasteiger partial charge is 0.417 e. The molecule has 0 spiro atoms. The van der Waals surface area contributed by atoms with Gasteiger partial charge in [0.2, 0.25) is 5.91 Å². The van der Waals surface area contributed by atoms with Gasteiger partial charge in [-0.3, -0.25) is 19.6 Å². The molecule has 0 atom stereocenters. The van der Waals surface area contributed by atoms with Gasteiger partial charge in [0.25, 0.3) is 0 Å². The molecule has 0 aliphatic carbocycles. The Morgan fingerprint density at radius 2 is 1.97 bits per heavy atom. The number of ketones is 1. The lowest BCUT2D eigenvalue weighted by molar-refractivity contribution is -0.132. The summed E-state index contributed by atoms with van der Waals surface area (Å²) in [5, 5.41) is 2.89. The quantitative estimate of drug-likeness (QED) is 0.560. The van der Waals surface area contributed by atoms with Crippen LogP contribution >= 0.6 is 0 Å². The van der Waals surface area contributed by atoms with Crippen LogP contribution in [0.15, 0.2) is 39.8 Å². The highest BCUT2D eigenvalue weighted by Crippen LogP contribution is 2.27. The van der Waals surface area contributed by atoms with Crippen LogP contribution in [0.5, 0.6) is 0 Å². The number of Topliss-reactive ketones (excluding diaryl/α,β-unsaturated/α-hetero) is 1. The number of anilines is 1. The zero-order valence-electron chi connectivity index (χ0n) is 18.8. The minimum absolute atomic E-state index is 0.0534. The van der Waals surface area contributed by atoms with E-state index in [1.165, 1.54) is 6.07 Å². The van der Waals surface area contributed by atoms with Crippen molar-refractivity contribution in [3.63, 3.8) is 0 Å². The van der Waals surface area contributed by atoms with Crippen LogP contribution in [0, 0.1) is 6.92 Å². The number of oxazole rings is 1. The summed E-state index contributed by atoms with van der Waals surface area (Å²) in [7, 11) is 0. The summed E-state index contributed by atoms with van der Waals surface area (Å²) >= 11 is 0. The molecule has 10 nitrogen and oxygen atoms in total. The summed E-state index contributed by atoms with van der Waals surface area (Å²) in [6, 6.07) is 5.06. The number of piperidine rings is 1. The molecule has 0 saturated carbocycles. The first-order chi connectivity index (χ1) is 16.4. The fourth-order valence-electron chi connectivity index (χ4n) is 4.74. The number of benzene rings is 1. The second kappa shape index (κ2) is 8.77. The average Bonchev–Trinajstić information content (AvgIpc) is 3.23. The predicted molar refractivity (Wildman–Crippen MR) is 124 cm³/mol. The molecule has 34 heavy (non-hydrogen) atoms. The number of pyridine rings is 1. The maximum atomic E-state index is 12.7.